The van der Waals surface area contributed by atoms with Crippen molar-refractivity contribution in [1.82, 2.24) is 4.90 Å². The molecule has 0 aliphatic carbocycles. The number of piperidine rings is 1. The quantitative estimate of drug-likeness (QED) is 0.634. The molecule has 14 heavy (non-hydrogen) atoms. The topological polar surface area (TPSA) is 20.3 Å². The second-order valence-corrected chi connectivity index (χ2v) is 3.97. The van der Waals surface area contributed by atoms with E-state index in [0.29, 0.717) is 6.04 Å². The molecule has 1 heterocycles. The standard InChI is InChI=1S/C12H21NO/c1-3-7-11-9-5-6-10-13(11)12(14)8-4-2/h4,8,11H,3,5-7,9-10H2,1-2H3. The molecule has 1 amide bonds. The number of likely N-dealkylation sites (tertiary alicyclic amines) is 1. The zero-order valence-corrected chi connectivity index (χ0v) is 9.33. The van der Waals surface area contributed by atoms with Crippen LogP contribution < -0.4 is 0 Å². The average Bonchev–Trinajstić information content (AvgIpc) is 2.19. The largest absolute Gasteiger partial charge is 0.336 e. The molecule has 1 unspecified atom stereocenters. The van der Waals surface area contributed by atoms with Crippen LogP contribution in [0, 0.1) is 0 Å². The Bertz CT molecular complexity index is 208. The van der Waals surface area contributed by atoms with E-state index in [-0.39, 0.29) is 5.91 Å². The molecule has 0 N–H and O–H groups in total. The first-order chi connectivity index (χ1) is 6.79. The van der Waals surface area contributed by atoms with E-state index in [2.05, 4.69) is 6.92 Å². The van der Waals surface area contributed by atoms with Gasteiger partial charge in [0.25, 0.3) is 0 Å². The van der Waals surface area contributed by atoms with E-state index < -0.39 is 0 Å². The summed E-state index contributed by atoms with van der Waals surface area (Å²) < 4.78 is 0. The van der Waals surface area contributed by atoms with Gasteiger partial charge in [0.05, 0.1) is 0 Å². The molecule has 1 aliphatic rings. The monoisotopic (exact) mass is 195 g/mol. The van der Waals surface area contributed by atoms with Gasteiger partial charge in [-0.05, 0) is 38.7 Å². The summed E-state index contributed by atoms with van der Waals surface area (Å²) in [6.45, 7) is 5.04. The minimum Gasteiger partial charge on any atom is -0.336 e. The van der Waals surface area contributed by atoms with Crippen molar-refractivity contribution in [2.45, 2.75) is 52.0 Å². The molecule has 0 saturated carbocycles. The van der Waals surface area contributed by atoms with E-state index in [1.807, 2.05) is 17.9 Å². The Morgan fingerprint density at radius 1 is 1.50 bits per heavy atom. The maximum absolute atomic E-state index is 11.7. The highest BCUT2D eigenvalue weighted by Crippen LogP contribution is 2.20. The van der Waals surface area contributed by atoms with Crippen molar-refractivity contribution in [3.63, 3.8) is 0 Å². The Morgan fingerprint density at radius 3 is 2.93 bits per heavy atom. The van der Waals surface area contributed by atoms with Crippen LogP contribution in [-0.4, -0.2) is 23.4 Å². The highest BCUT2D eigenvalue weighted by atomic mass is 16.2. The van der Waals surface area contributed by atoms with Crippen LogP contribution in [0.25, 0.3) is 0 Å². The van der Waals surface area contributed by atoms with Crippen molar-refractivity contribution in [3.8, 4) is 0 Å². The van der Waals surface area contributed by atoms with E-state index in [1.165, 1.54) is 25.7 Å². The van der Waals surface area contributed by atoms with Crippen molar-refractivity contribution in [2.75, 3.05) is 6.54 Å². The molecule has 0 aromatic heterocycles. The predicted molar refractivity (Wildman–Crippen MR) is 59.1 cm³/mol. The molecule has 80 valence electrons. The molecule has 1 rings (SSSR count). The molecule has 0 bridgehead atoms. The highest BCUT2D eigenvalue weighted by molar-refractivity contribution is 5.87. The normalized spacial score (nSPS) is 23.0. The fourth-order valence-corrected chi connectivity index (χ4v) is 2.16. The molecule has 1 fully saturated rings. The van der Waals surface area contributed by atoms with Crippen LogP contribution in [0.15, 0.2) is 12.2 Å². The lowest BCUT2D eigenvalue weighted by atomic mass is 9.98. The maximum Gasteiger partial charge on any atom is 0.246 e. The Kier molecular flexibility index (Phi) is 4.71. The van der Waals surface area contributed by atoms with Gasteiger partial charge in [-0.25, -0.2) is 0 Å². The number of allylic oxidation sites excluding steroid dienone is 1. The number of nitrogens with zero attached hydrogens (tertiary/aromatic N) is 1. The van der Waals surface area contributed by atoms with Gasteiger partial charge in [-0.15, -0.1) is 0 Å². The van der Waals surface area contributed by atoms with Gasteiger partial charge < -0.3 is 4.90 Å². The molecule has 0 aromatic carbocycles. The Balaban J connectivity index is 2.57. The smallest absolute Gasteiger partial charge is 0.246 e. The molecule has 1 aliphatic heterocycles. The molecular weight excluding hydrogens is 174 g/mol. The number of amides is 1. The average molecular weight is 195 g/mol. The van der Waals surface area contributed by atoms with Crippen LogP contribution in [0.5, 0.6) is 0 Å². The summed E-state index contributed by atoms with van der Waals surface area (Å²) in [5.74, 6) is 0.200. The number of rotatable bonds is 3. The zero-order valence-electron chi connectivity index (χ0n) is 9.33. The van der Waals surface area contributed by atoms with Gasteiger partial charge in [-0.1, -0.05) is 19.4 Å². The maximum atomic E-state index is 11.7. The van der Waals surface area contributed by atoms with Gasteiger partial charge in [0, 0.05) is 12.6 Å². The summed E-state index contributed by atoms with van der Waals surface area (Å²) in [6.07, 6.45) is 9.49. The summed E-state index contributed by atoms with van der Waals surface area (Å²) in [7, 11) is 0. The fourth-order valence-electron chi connectivity index (χ4n) is 2.16. The lowest BCUT2D eigenvalue weighted by molar-refractivity contribution is -0.129. The van der Waals surface area contributed by atoms with Crippen LogP contribution in [0.1, 0.15) is 46.0 Å². The molecule has 2 heteroatoms. The number of carbonyl (C=O) groups is 1. The third kappa shape index (κ3) is 2.86. The van der Waals surface area contributed by atoms with Gasteiger partial charge in [-0.2, -0.15) is 0 Å². The Morgan fingerprint density at radius 2 is 2.29 bits per heavy atom. The van der Waals surface area contributed by atoms with Crippen LogP contribution >= 0.6 is 0 Å². The first kappa shape index (κ1) is 11.3. The minimum atomic E-state index is 0.200. The first-order valence-electron chi connectivity index (χ1n) is 5.73. The lowest BCUT2D eigenvalue weighted by Gasteiger charge is -2.35. The summed E-state index contributed by atoms with van der Waals surface area (Å²) in [5.41, 5.74) is 0. The Labute approximate surface area is 87.0 Å². The van der Waals surface area contributed by atoms with Gasteiger partial charge in [0.15, 0.2) is 0 Å². The summed E-state index contributed by atoms with van der Waals surface area (Å²) in [6, 6.07) is 0.498. The first-order valence-corrected chi connectivity index (χ1v) is 5.73. The molecule has 2 nitrogen and oxygen atoms in total. The molecule has 0 spiro atoms. The predicted octanol–water partition coefficient (Wildman–Crippen LogP) is 2.74. The number of hydrogen-bond donors (Lipinski definition) is 0. The van der Waals surface area contributed by atoms with Crippen LogP contribution in [0.4, 0.5) is 0 Å². The van der Waals surface area contributed by atoms with Crippen LogP contribution in [0.2, 0.25) is 0 Å². The van der Waals surface area contributed by atoms with Crippen molar-refractivity contribution in [2.24, 2.45) is 0 Å². The van der Waals surface area contributed by atoms with Gasteiger partial charge in [0.1, 0.15) is 0 Å². The SMILES string of the molecule is CC=CC(=O)N1CCCCC1CCC. The lowest BCUT2D eigenvalue weighted by Crippen LogP contribution is -2.42. The van der Waals surface area contributed by atoms with E-state index in [1.54, 1.807) is 6.08 Å². The minimum absolute atomic E-state index is 0.200. The van der Waals surface area contributed by atoms with Crippen molar-refractivity contribution >= 4 is 5.91 Å². The molecule has 0 radical (unpaired) electrons. The van der Waals surface area contributed by atoms with E-state index >= 15 is 0 Å². The van der Waals surface area contributed by atoms with Gasteiger partial charge in [-0.3, -0.25) is 4.79 Å². The van der Waals surface area contributed by atoms with Crippen LogP contribution in [0.3, 0.4) is 0 Å². The Hall–Kier alpha value is -0.790. The van der Waals surface area contributed by atoms with Crippen molar-refractivity contribution < 1.29 is 4.79 Å². The van der Waals surface area contributed by atoms with Gasteiger partial charge >= 0.3 is 0 Å². The van der Waals surface area contributed by atoms with Crippen molar-refractivity contribution in [3.05, 3.63) is 12.2 Å². The molecule has 0 aromatic rings. The molecular formula is C12H21NO. The third-order valence-corrected chi connectivity index (χ3v) is 2.84. The van der Waals surface area contributed by atoms with Gasteiger partial charge in [0.2, 0.25) is 5.91 Å². The highest BCUT2D eigenvalue weighted by Gasteiger charge is 2.23. The fraction of sp³-hybridized carbons (Fsp3) is 0.750. The van der Waals surface area contributed by atoms with E-state index in [9.17, 15) is 4.79 Å². The summed E-state index contributed by atoms with van der Waals surface area (Å²) >= 11 is 0. The zero-order chi connectivity index (χ0) is 10.4. The second-order valence-electron chi connectivity index (χ2n) is 3.97. The van der Waals surface area contributed by atoms with Crippen LogP contribution in [-0.2, 0) is 4.79 Å². The van der Waals surface area contributed by atoms with E-state index in [4.69, 9.17) is 0 Å². The number of carbonyl (C=O) groups excluding carboxylic acids is 1. The summed E-state index contributed by atoms with van der Waals surface area (Å²) in [5, 5.41) is 0. The molecule has 1 atom stereocenters. The van der Waals surface area contributed by atoms with Crippen molar-refractivity contribution in [1.29, 1.82) is 0 Å². The molecule has 1 saturated heterocycles. The summed E-state index contributed by atoms with van der Waals surface area (Å²) in [4.78, 5) is 13.8. The third-order valence-electron chi connectivity index (χ3n) is 2.84. The second kappa shape index (κ2) is 5.84. The van der Waals surface area contributed by atoms with E-state index in [0.717, 1.165) is 13.0 Å². The number of hydrogen-bond acceptors (Lipinski definition) is 1.